The largest absolute Gasteiger partial charge is 0.309 e. The highest BCUT2D eigenvalue weighted by Gasteiger charge is 2.23. The van der Waals surface area contributed by atoms with Gasteiger partial charge in [-0.25, -0.2) is 9.97 Å². The van der Waals surface area contributed by atoms with Gasteiger partial charge in [-0.2, -0.15) is 0 Å². The molecule has 0 atom stereocenters. The SMILES string of the molecule is Cc1c(-c2ccccc2)nc(-c2ccccc2)nc1-c1cccc(-c2cccc3c2c2ccccc2n3-c2cccc(-n3c4ccc(-c5ccccc5)cc4c4cc(-c5ccc6c(c5)c5ccccc5n6-c5cc(-c6ccccc6)cc(-c6ccccc6)c5)ccc43)c2)c1. The van der Waals surface area contributed by atoms with Crippen molar-refractivity contribution in [1.29, 1.82) is 0 Å². The second kappa shape index (κ2) is 22.5. The Balaban J connectivity index is 0.766. The number of hydrogen-bond acceptors (Lipinski definition) is 2. The molecule has 0 fully saturated rings. The molecule has 440 valence electrons. The Labute approximate surface area is 544 Å². The van der Waals surface area contributed by atoms with Gasteiger partial charge < -0.3 is 13.7 Å². The smallest absolute Gasteiger partial charge is 0.160 e. The van der Waals surface area contributed by atoms with E-state index < -0.39 is 0 Å². The van der Waals surface area contributed by atoms with Crippen LogP contribution in [0.15, 0.2) is 340 Å². The summed E-state index contributed by atoms with van der Waals surface area (Å²) in [7, 11) is 0. The van der Waals surface area contributed by atoms with Crippen LogP contribution in [0.4, 0.5) is 0 Å². The van der Waals surface area contributed by atoms with Crippen molar-refractivity contribution >= 4 is 65.4 Å². The molecular formula is C89H59N5. The number of fused-ring (bicyclic) bond motifs is 9. The predicted molar refractivity (Wildman–Crippen MR) is 393 cm³/mol. The molecule has 5 heteroatoms. The summed E-state index contributed by atoms with van der Waals surface area (Å²) in [5.41, 5.74) is 27.9. The number of benzene rings is 14. The molecule has 0 unspecified atom stereocenters. The molecule has 14 aromatic carbocycles. The zero-order valence-corrected chi connectivity index (χ0v) is 51.6. The van der Waals surface area contributed by atoms with Gasteiger partial charge in [-0.15, -0.1) is 0 Å². The van der Waals surface area contributed by atoms with E-state index in [4.69, 9.17) is 9.97 Å². The van der Waals surface area contributed by atoms with E-state index >= 15 is 0 Å². The van der Waals surface area contributed by atoms with Gasteiger partial charge in [-0.1, -0.05) is 243 Å². The first-order valence-corrected chi connectivity index (χ1v) is 32.2. The third-order valence-corrected chi connectivity index (χ3v) is 19.0. The van der Waals surface area contributed by atoms with Gasteiger partial charge in [0.15, 0.2) is 5.82 Å². The molecular weight excluding hydrogens is 1140 g/mol. The van der Waals surface area contributed by atoms with Crippen molar-refractivity contribution in [3.05, 3.63) is 345 Å². The zero-order chi connectivity index (χ0) is 62.2. The average Bonchev–Trinajstić information content (AvgIpc) is 1.58. The second-order valence-electron chi connectivity index (χ2n) is 24.5. The standard InChI is InChI=1S/C89H59N5/c1-58-87(62-30-13-5-14-31-62)90-89(63-32-15-6-16-33-63)91-88(58)68-35-21-34-67(50-68)74-40-23-43-85-86(74)76-39-18-20-42-81(76)93(85)72-37-22-36-71(57-72)92-83-47-44-64(59-24-7-2-8-25-59)54-78(83)79-56-66(46-49-84(79)92)65-45-48-82-77(55-65)75-38-17-19-41-80(75)94(82)73-52-69(60-26-9-3-10-27-60)51-70(53-73)61-28-11-4-12-29-61/h2-57H,1H3. The van der Waals surface area contributed by atoms with Crippen LogP contribution in [0.5, 0.6) is 0 Å². The highest BCUT2D eigenvalue weighted by molar-refractivity contribution is 6.17. The fraction of sp³-hybridized carbons (Fsp3) is 0.0112. The lowest BCUT2D eigenvalue weighted by molar-refractivity contribution is 1.13. The van der Waals surface area contributed by atoms with Crippen molar-refractivity contribution in [2.45, 2.75) is 6.92 Å². The Kier molecular flexibility index (Phi) is 13.0. The second-order valence-corrected chi connectivity index (χ2v) is 24.5. The lowest BCUT2D eigenvalue weighted by atomic mass is 9.95. The van der Waals surface area contributed by atoms with Gasteiger partial charge in [-0.05, 0) is 160 Å². The van der Waals surface area contributed by atoms with E-state index in [2.05, 4.69) is 342 Å². The molecule has 5 nitrogen and oxygen atoms in total. The van der Waals surface area contributed by atoms with Crippen LogP contribution in [0.1, 0.15) is 5.56 Å². The monoisotopic (exact) mass is 1200 g/mol. The Hall–Kier alpha value is -12.4. The highest BCUT2D eigenvalue weighted by atomic mass is 15.0. The summed E-state index contributed by atoms with van der Waals surface area (Å²) in [6.07, 6.45) is 0. The maximum absolute atomic E-state index is 5.32. The van der Waals surface area contributed by atoms with Crippen molar-refractivity contribution in [3.63, 3.8) is 0 Å². The maximum atomic E-state index is 5.32. The molecule has 0 saturated carbocycles. The van der Waals surface area contributed by atoms with Gasteiger partial charge in [0.1, 0.15) is 0 Å². The van der Waals surface area contributed by atoms with E-state index in [-0.39, 0.29) is 0 Å². The van der Waals surface area contributed by atoms with Crippen molar-refractivity contribution in [2.24, 2.45) is 0 Å². The third-order valence-electron chi connectivity index (χ3n) is 19.0. The minimum Gasteiger partial charge on any atom is -0.309 e. The maximum Gasteiger partial charge on any atom is 0.160 e. The van der Waals surface area contributed by atoms with Crippen LogP contribution < -0.4 is 0 Å². The molecule has 0 aliphatic heterocycles. The van der Waals surface area contributed by atoms with Gasteiger partial charge >= 0.3 is 0 Å². The molecule has 0 radical (unpaired) electrons. The van der Waals surface area contributed by atoms with Crippen molar-refractivity contribution < 1.29 is 0 Å². The Morgan fingerprint density at radius 2 is 0.585 bits per heavy atom. The summed E-state index contributed by atoms with van der Waals surface area (Å²) in [5, 5.41) is 7.21. The summed E-state index contributed by atoms with van der Waals surface area (Å²) >= 11 is 0. The molecule has 18 aromatic rings. The fourth-order valence-electron chi connectivity index (χ4n) is 14.6. The number of para-hydroxylation sites is 2. The highest BCUT2D eigenvalue weighted by Crippen LogP contribution is 2.44. The fourth-order valence-corrected chi connectivity index (χ4v) is 14.6. The van der Waals surface area contributed by atoms with E-state index in [9.17, 15) is 0 Å². The predicted octanol–water partition coefficient (Wildman–Crippen LogP) is 23.4. The molecule has 4 aromatic heterocycles. The Bertz CT molecular complexity index is 5900. The summed E-state index contributed by atoms with van der Waals surface area (Å²) in [6.45, 7) is 2.15. The van der Waals surface area contributed by atoms with E-state index in [1.165, 1.54) is 76.8 Å². The van der Waals surface area contributed by atoms with E-state index in [0.29, 0.717) is 5.82 Å². The van der Waals surface area contributed by atoms with E-state index in [0.717, 1.165) is 95.0 Å². The van der Waals surface area contributed by atoms with Crippen molar-refractivity contribution in [3.8, 4) is 107 Å². The molecule has 0 aliphatic rings. The van der Waals surface area contributed by atoms with Crippen LogP contribution in [0, 0.1) is 6.92 Å². The molecule has 0 saturated heterocycles. The quantitative estimate of drug-likeness (QED) is 0.129. The van der Waals surface area contributed by atoms with E-state index in [1.807, 2.05) is 18.2 Å². The molecule has 94 heavy (non-hydrogen) atoms. The Morgan fingerprint density at radius 1 is 0.213 bits per heavy atom. The van der Waals surface area contributed by atoms with Gasteiger partial charge in [-0.3, -0.25) is 0 Å². The van der Waals surface area contributed by atoms with Gasteiger partial charge in [0, 0.05) is 71.6 Å². The van der Waals surface area contributed by atoms with Gasteiger partial charge in [0.05, 0.1) is 44.5 Å². The first kappa shape index (κ1) is 54.5. The summed E-state index contributed by atoms with van der Waals surface area (Å²) in [6, 6.07) is 124. The van der Waals surface area contributed by atoms with Crippen molar-refractivity contribution in [1.82, 2.24) is 23.7 Å². The van der Waals surface area contributed by atoms with Crippen LogP contribution >= 0.6 is 0 Å². The minimum atomic E-state index is 0.704. The minimum absolute atomic E-state index is 0.704. The third kappa shape index (κ3) is 9.24. The van der Waals surface area contributed by atoms with Crippen LogP contribution in [-0.4, -0.2) is 23.7 Å². The summed E-state index contributed by atoms with van der Waals surface area (Å²) < 4.78 is 7.36. The molecule has 0 bridgehead atoms. The van der Waals surface area contributed by atoms with Crippen LogP contribution in [0.3, 0.4) is 0 Å². The van der Waals surface area contributed by atoms with Gasteiger partial charge in [0.25, 0.3) is 0 Å². The molecule has 0 aliphatic carbocycles. The molecule has 18 rings (SSSR count). The molecule has 0 amide bonds. The topological polar surface area (TPSA) is 40.6 Å². The zero-order valence-electron chi connectivity index (χ0n) is 51.6. The lowest BCUT2D eigenvalue weighted by Crippen LogP contribution is -2.00. The normalized spacial score (nSPS) is 11.7. The number of aromatic nitrogens is 5. The molecule has 0 spiro atoms. The number of rotatable bonds is 11. The average molecular weight is 1200 g/mol. The number of nitrogens with zero attached hydrogens (tertiary/aromatic N) is 5. The van der Waals surface area contributed by atoms with Crippen LogP contribution in [0.25, 0.3) is 172 Å². The number of hydrogen-bond donors (Lipinski definition) is 0. The first-order valence-electron chi connectivity index (χ1n) is 32.2. The lowest BCUT2D eigenvalue weighted by Gasteiger charge is -2.15. The Morgan fingerprint density at radius 3 is 1.16 bits per heavy atom. The van der Waals surface area contributed by atoms with Gasteiger partial charge in [0.2, 0.25) is 0 Å². The first-order chi connectivity index (χ1) is 46.5. The van der Waals surface area contributed by atoms with Crippen LogP contribution in [-0.2, 0) is 0 Å². The molecule has 4 heterocycles. The van der Waals surface area contributed by atoms with E-state index in [1.54, 1.807) is 0 Å². The van der Waals surface area contributed by atoms with Crippen LogP contribution in [0.2, 0.25) is 0 Å². The summed E-state index contributed by atoms with van der Waals surface area (Å²) in [4.78, 5) is 10.5. The molecule has 0 N–H and O–H groups in total. The van der Waals surface area contributed by atoms with Crippen molar-refractivity contribution in [2.75, 3.05) is 0 Å². The summed E-state index contributed by atoms with van der Waals surface area (Å²) in [5.74, 6) is 0.704.